The molecule has 0 spiro atoms. The molecule has 1 aromatic carbocycles. The maximum absolute atomic E-state index is 13.4. The van der Waals surface area contributed by atoms with Gasteiger partial charge in [0.25, 0.3) is 0 Å². The predicted octanol–water partition coefficient (Wildman–Crippen LogP) is 3.61. The number of halogens is 1. The average molecular weight is 244 g/mol. The zero-order chi connectivity index (χ0) is 12.4. The second kappa shape index (κ2) is 3.43. The van der Waals surface area contributed by atoms with Crippen LogP contribution in [0.3, 0.4) is 0 Å². The fourth-order valence-corrected chi connectivity index (χ4v) is 4.75. The van der Waals surface area contributed by atoms with Crippen LogP contribution in [0.4, 0.5) is 4.39 Å². The minimum Gasteiger partial charge on any atom is -0.294 e. The lowest BCUT2D eigenvalue weighted by molar-refractivity contribution is 0.0944. The van der Waals surface area contributed by atoms with Gasteiger partial charge in [0.05, 0.1) is 0 Å². The van der Waals surface area contributed by atoms with Crippen molar-refractivity contribution in [3.8, 4) is 0 Å². The normalized spacial score (nSPS) is 39.8. The highest BCUT2D eigenvalue weighted by atomic mass is 19.1. The van der Waals surface area contributed by atoms with Crippen LogP contribution < -0.4 is 0 Å². The second-order valence-electron chi connectivity index (χ2n) is 6.40. The molecule has 0 aliphatic heterocycles. The predicted molar refractivity (Wildman–Crippen MR) is 66.8 cm³/mol. The van der Waals surface area contributed by atoms with Crippen LogP contribution in [0.5, 0.6) is 0 Å². The van der Waals surface area contributed by atoms with Crippen molar-refractivity contribution in [3.05, 3.63) is 35.1 Å². The Hall–Kier alpha value is -1.18. The number of carbonyl (C=O) groups is 1. The molecule has 0 amide bonds. The average Bonchev–Trinajstić information content (AvgIpc) is 2.74. The first-order valence-corrected chi connectivity index (χ1v) is 6.96. The van der Waals surface area contributed by atoms with Gasteiger partial charge in [-0.2, -0.15) is 0 Å². The summed E-state index contributed by atoms with van der Waals surface area (Å²) in [7, 11) is 0. The molecule has 4 rings (SSSR count). The van der Waals surface area contributed by atoms with Gasteiger partial charge in [0.15, 0.2) is 5.78 Å². The maximum atomic E-state index is 13.4. The molecule has 3 saturated carbocycles. The molecule has 18 heavy (non-hydrogen) atoms. The highest BCUT2D eigenvalue weighted by Gasteiger charge is 2.67. The molecular weight excluding hydrogens is 227 g/mol. The van der Waals surface area contributed by atoms with Gasteiger partial charge >= 0.3 is 0 Å². The van der Waals surface area contributed by atoms with Crippen LogP contribution in [-0.2, 0) is 0 Å². The van der Waals surface area contributed by atoms with E-state index in [1.54, 1.807) is 0 Å². The summed E-state index contributed by atoms with van der Waals surface area (Å²) in [4.78, 5) is 12.5. The summed E-state index contributed by atoms with van der Waals surface area (Å²) in [6.07, 6.45) is 3.98. The highest BCUT2D eigenvalue weighted by Crippen LogP contribution is 2.69. The summed E-state index contributed by atoms with van der Waals surface area (Å²) in [6.45, 7) is 1.84. The van der Waals surface area contributed by atoms with Crippen molar-refractivity contribution in [2.75, 3.05) is 0 Å². The number of hydrogen-bond donors (Lipinski definition) is 0. The maximum Gasteiger partial charge on any atom is 0.166 e. The van der Waals surface area contributed by atoms with Crippen molar-refractivity contribution >= 4 is 5.78 Å². The molecule has 1 aromatic rings. The Labute approximate surface area is 106 Å². The lowest BCUT2D eigenvalue weighted by Gasteiger charge is -2.08. The zero-order valence-corrected chi connectivity index (χ0v) is 10.5. The molecule has 0 heterocycles. The molecule has 4 atom stereocenters. The minimum absolute atomic E-state index is 0.198. The topological polar surface area (TPSA) is 17.1 Å². The smallest absolute Gasteiger partial charge is 0.166 e. The van der Waals surface area contributed by atoms with Crippen molar-refractivity contribution in [1.82, 2.24) is 0 Å². The SMILES string of the molecule is Cc1cc(F)cc(C(=O)C2C3C4CCC(C4)C23)c1. The van der Waals surface area contributed by atoms with Gasteiger partial charge in [-0.15, -0.1) is 0 Å². The van der Waals surface area contributed by atoms with E-state index in [1.165, 1.54) is 31.4 Å². The molecule has 0 aromatic heterocycles. The number of hydrogen-bond acceptors (Lipinski definition) is 1. The van der Waals surface area contributed by atoms with Gasteiger partial charge in [-0.1, -0.05) is 0 Å². The third kappa shape index (κ3) is 1.35. The van der Waals surface area contributed by atoms with Crippen molar-refractivity contribution in [2.45, 2.75) is 26.2 Å². The molecule has 2 bridgehead atoms. The van der Waals surface area contributed by atoms with Gasteiger partial charge in [-0.05, 0) is 73.6 Å². The third-order valence-electron chi connectivity index (χ3n) is 5.36. The Morgan fingerprint density at radius 3 is 2.44 bits per heavy atom. The number of aryl methyl sites for hydroxylation is 1. The molecule has 3 fully saturated rings. The van der Waals surface area contributed by atoms with Crippen LogP contribution in [0.1, 0.15) is 35.2 Å². The fourth-order valence-electron chi connectivity index (χ4n) is 4.75. The van der Waals surface area contributed by atoms with Crippen molar-refractivity contribution in [2.24, 2.45) is 29.6 Å². The van der Waals surface area contributed by atoms with E-state index in [0.29, 0.717) is 17.4 Å². The highest BCUT2D eigenvalue weighted by molar-refractivity contribution is 6.00. The largest absolute Gasteiger partial charge is 0.294 e. The zero-order valence-electron chi connectivity index (χ0n) is 10.5. The van der Waals surface area contributed by atoms with Crippen LogP contribution in [0.2, 0.25) is 0 Å². The summed E-state index contributed by atoms with van der Waals surface area (Å²) in [5.41, 5.74) is 1.43. The Balaban J connectivity index is 1.62. The Morgan fingerprint density at radius 1 is 1.17 bits per heavy atom. The van der Waals surface area contributed by atoms with Gasteiger partial charge in [-0.3, -0.25) is 4.79 Å². The van der Waals surface area contributed by atoms with Gasteiger partial charge in [-0.25, -0.2) is 4.39 Å². The van der Waals surface area contributed by atoms with Crippen LogP contribution in [0.25, 0.3) is 0 Å². The van der Waals surface area contributed by atoms with Gasteiger partial charge < -0.3 is 0 Å². The first-order valence-electron chi connectivity index (χ1n) is 6.96. The Morgan fingerprint density at radius 2 is 1.83 bits per heavy atom. The fraction of sp³-hybridized carbons (Fsp3) is 0.562. The number of benzene rings is 1. The van der Waals surface area contributed by atoms with Crippen LogP contribution in [-0.4, -0.2) is 5.78 Å². The molecule has 0 radical (unpaired) electrons. The number of Topliss-reactive ketones (excluding diaryl/α,β-unsaturated/α-hetero) is 1. The Kier molecular flexibility index (Phi) is 2.04. The molecule has 3 aliphatic rings. The van der Waals surface area contributed by atoms with E-state index in [-0.39, 0.29) is 17.5 Å². The van der Waals surface area contributed by atoms with Crippen molar-refractivity contribution < 1.29 is 9.18 Å². The molecule has 1 nitrogen and oxygen atoms in total. The number of rotatable bonds is 2. The van der Waals surface area contributed by atoms with Crippen LogP contribution in [0, 0.1) is 42.3 Å². The van der Waals surface area contributed by atoms with E-state index in [1.807, 2.05) is 13.0 Å². The van der Waals surface area contributed by atoms with E-state index in [4.69, 9.17) is 0 Å². The number of ketones is 1. The molecule has 0 N–H and O–H groups in total. The molecule has 94 valence electrons. The summed E-state index contributed by atoms with van der Waals surface area (Å²) in [5, 5.41) is 0. The first-order chi connectivity index (χ1) is 8.65. The van der Waals surface area contributed by atoms with Crippen LogP contribution >= 0.6 is 0 Å². The van der Waals surface area contributed by atoms with Crippen LogP contribution in [0.15, 0.2) is 18.2 Å². The summed E-state index contributed by atoms with van der Waals surface area (Å²) >= 11 is 0. The number of carbonyl (C=O) groups excluding carboxylic acids is 1. The van der Waals surface area contributed by atoms with Gasteiger partial charge in [0.2, 0.25) is 0 Å². The van der Waals surface area contributed by atoms with E-state index in [9.17, 15) is 9.18 Å². The minimum atomic E-state index is -0.285. The summed E-state index contributed by atoms with van der Waals surface area (Å²) in [5.74, 6) is 3.00. The van der Waals surface area contributed by atoms with E-state index in [2.05, 4.69) is 0 Å². The van der Waals surface area contributed by atoms with Gasteiger partial charge in [0, 0.05) is 11.5 Å². The molecular formula is C16H17FO. The van der Waals surface area contributed by atoms with E-state index >= 15 is 0 Å². The van der Waals surface area contributed by atoms with E-state index < -0.39 is 0 Å². The van der Waals surface area contributed by atoms with Crippen molar-refractivity contribution in [1.29, 1.82) is 0 Å². The second-order valence-corrected chi connectivity index (χ2v) is 6.40. The first kappa shape index (κ1) is 10.7. The summed E-state index contributed by atoms with van der Waals surface area (Å²) < 4.78 is 13.4. The quantitative estimate of drug-likeness (QED) is 0.726. The molecule has 2 heteroatoms. The summed E-state index contributed by atoms with van der Waals surface area (Å²) in [6, 6.07) is 4.72. The lowest BCUT2D eigenvalue weighted by Crippen LogP contribution is -2.10. The number of fused-ring (bicyclic) bond motifs is 5. The molecule has 0 saturated heterocycles. The molecule has 3 aliphatic carbocycles. The molecule has 4 unspecified atom stereocenters. The standard InChI is InChI=1S/C16H17FO/c1-8-4-11(7-12(17)5-8)16(18)15-13-9-2-3-10(6-9)14(13)15/h4-5,7,9-10,13-15H,2-3,6H2,1H3. The lowest BCUT2D eigenvalue weighted by atomic mass is 9.95. The Bertz CT molecular complexity index is 500. The monoisotopic (exact) mass is 244 g/mol. The van der Waals surface area contributed by atoms with E-state index in [0.717, 1.165) is 17.4 Å². The third-order valence-corrected chi connectivity index (χ3v) is 5.36. The van der Waals surface area contributed by atoms with Crippen molar-refractivity contribution in [3.63, 3.8) is 0 Å². The van der Waals surface area contributed by atoms with Gasteiger partial charge in [0.1, 0.15) is 5.82 Å².